The van der Waals surface area contributed by atoms with Gasteiger partial charge in [-0.1, -0.05) is 38.4 Å². The van der Waals surface area contributed by atoms with Crippen molar-refractivity contribution in [1.82, 2.24) is 0 Å². The monoisotopic (exact) mass is 257 g/mol. The number of rotatable bonds is 4. The van der Waals surface area contributed by atoms with Crippen LogP contribution in [0.4, 0.5) is 0 Å². The highest BCUT2D eigenvalue weighted by molar-refractivity contribution is 8.00. The molecule has 0 amide bonds. The van der Waals surface area contributed by atoms with Gasteiger partial charge in [-0.2, -0.15) is 0 Å². The van der Waals surface area contributed by atoms with Crippen molar-refractivity contribution in [3.63, 3.8) is 0 Å². The molecule has 0 radical (unpaired) electrons. The minimum Gasteiger partial charge on any atom is -0.324 e. The molecule has 2 atom stereocenters. The first-order valence-corrected chi connectivity index (χ1v) is 6.89. The van der Waals surface area contributed by atoms with E-state index in [0.717, 1.165) is 15.5 Å². The molecule has 0 fully saturated rings. The predicted octanol–water partition coefficient (Wildman–Crippen LogP) is 4.50. The first-order valence-electron chi connectivity index (χ1n) is 5.63. The van der Waals surface area contributed by atoms with E-state index in [1.165, 1.54) is 0 Å². The number of halogens is 1. The molecule has 0 aliphatic carbocycles. The summed E-state index contributed by atoms with van der Waals surface area (Å²) >= 11 is 8.07. The summed E-state index contributed by atoms with van der Waals surface area (Å²) in [6, 6.07) is 6.15. The highest BCUT2D eigenvalue weighted by atomic mass is 35.5. The molecule has 0 aliphatic rings. The maximum atomic E-state index is 6.25. The van der Waals surface area contributed by atoms with Crippen molar-refractivity contribution in [3.05, 3.63) is 28.8 Å². The van der Waals surface area contributed by atoms with Gasteiger partial charge in [-0.05, 0) is 30.5 Å². The van der Waals surface area contributed by atoms with Gasteiger partial charge in [-0.3, -0.25) is 0 Å². The summed E-state index contributed by atoms with van der Waals surface area (Å²) in [5, 5.41) is 1.38. The second-order valence-corrected chi connectivity index (χ2v) is 6.37. The summed E-state index contributed by atoms with van der Waals surface area (Å²) in [4.78, 5) is 1.15. The number of benzene rings is 1. The van der Waals surface area contributed by atoms with Crippen LogP contribution in [-0.2, 0) is 0 Å². The molecule has 16 heavy (non-hydrogen) atoms. The molecule has 0 aromatic heterocycles. The van der Waals surface area contributed by atoms with Crippen molar-refractivity contribution in [3.8, 4) is 0 Å². The molecule has 90 valence electrons. The van der Waals surface area contributed by atoms with E-state index in [1.807, 2.05) is 24.8 Å². The van der Waals surface area contributed by atoms with E-state index in [4.69, 9.17) is 17.3 Å². The van der Waals surface area contributed by atoms with Crippen molar-refractivity contribution in [2.24, 2.45) is 11.7 Å². The minimum absolute atomic E-state index is 0.0408. The Morgan fingerprint density at radius 2 is 1.81 bits per heavy atom. The first-order chi connectivity index (χ1) is 7.41. The summed E-state index contributed by atoms with van der Waals surface area (Å²) in [6.45, 7) is 8.64. The van der Waals surface area contributed by atoms with Gasteiger partial charge in [0, 0.05) is 16.2 Å². The van der Waals surface area contributed by atoms with Gasteiger partial charge in [0.25, 0.3) is 0 Å². The molecule has 0 saturated heterocycles. The highest BCUT2D eigenvalue weighted by Crippen LogP contribution is 2.34. The molecule has 1 aromatic carbocycles. The first kappa shape index (κ1) is 13.9. The third-order valence-corrected chi connectivity index (χ3v) is 4.68. The Labute approximate surface area is 108 Å². The van der Waals surface area contributed by atoms with Gasteiger partial charge in [0.05, 0.1) is 5.02 Å². The smallest absolute Gasteiger partial charge is 0.0545 e. The van der Waals surface area contributed by atoms with E-state index < -0.39 is 0 Å². The largest absolute Gasteiger partial charge is 0.324 e. The van der Waals surface area contributed by atoms with Gasteiger partial charge in [0.15, 0.2) is 0 Å². The molecule has 2 N–H and O–H groups in total. The van der Waals surface area contributed by atoms with Crippen LogP contribution >= 0.6 is 23.4 Å². The molecule has 0 saturated carbocycles. The zero-order valence-corrected chi connectivity index (χ0v) is 11.9. The Morgan fingerprint density at radius 1 is 1.19 bits per heavy atom. The van der Waals surface area contributed by atoms with E-state index >= 15 is 0 Å². The van der Waals surface area contributed by atoms with Crippen LogP contribution in [0.15, 0.2) is 23.1 Å². The van der Waals surface area contributed by atoms with Crippen molar-refractivity contribution < 1.29 is 0 Å². The molecule has 1 rings (SSSR count). The van der Waals surface area contributed by atoms with E-state index in [9.17, 15) is 0 Å². The number of hydrogen-bond acceptors (Lipinski definition) is 2. The topological polar surface area (TPSA) is 26.0 Å². The second kappa shape index (κ2) is 5.95. The Bertz CT molecular complexity index is 350. The Balaban J connectivity index is 2.83. The molecule has 0 aliphatic heterocycles. The standard InChI is InChI=1S/C13H20ClNS/c1-8(2)10(4)16-13-6-5-11(9(3)15)7-12(13)14/h5-10H,15H2,1-4H3/t9-,10?/m0/s1. The van der Waals surface area contributed by atoms with Crippen LogP contribution in [0.25, 0.3) is 0 Å². The predicted molar refractivity (Wildman–Crippen MR) is 74.2 cm³/mol. The molecule has 0 heterocycles. The fourth-order valence-corrected chi connectivity index (χ4v) is 2.55. The molecular weight excluding hydrogens is 238 g/mol. The minimum atomic E-state index is 0.0408. The molecular formula is C13H20ClNS. The van der Waals surface area contributed by atoms with Crippen LogP contribution in [0.1, 0.15) is 39.3 Å². The maximum absolute atomic E-state index is 6.25. The summed E-state index contributed by atoms with van der Waals surface area (Å²) < 4.78 is 0. The lowest BCUT2D eigenvalue weighted by atomic mass is 10.1. The summed E-state index contributed by atoms with van der Waals surface area (Å²) in [7, 11) is 0. The molecule has 1 aromatic rings. The van der Waals surface area contributed by atoms with Crippen LogP contribution in [0, 0.1) is 5.92 Å². The van der Waals surface area contributed by atoms with Crippen molar-refractivity contribution in [1.29, 1.82) is 0 Å². The molecule has 0 bridgehead atoms. The van der Waals surface area contributed by atoms with E-state index in [-0.39, 0.29) is 6.04 Å². The average molecular weight is 258 g/mol. The lowest BCUT2D eigenvalue weighted by Crippen LogP contribution is -2.06. The summed E-state index contributed by atoms with van der Waals surface area (Å²) in [5.41, 5.74) is 6.91. The number of hydrogen-bond donors (Lipinski definition) is 1. The second-order valence-electron chi connectivity index (χ2n) is 4.55. The van der Waals surface area contributed by atoms with Gasteiger partial charge in [0.1, 0.15) is 0 Å². The van der Waals surface area contributed by atoms with Gasteiger partial charge < -0.3 is 5.73 Å². The van der Waals surface area contributed by atoms with Crippen LogP contribution in [0.2, 0.25) is 5.02 Å². The van der Waals surface area contributed by atoms with Gasteiger partial charge in [-0.15, -0.1) is 11.8 Å². The highest BCUT2D eigenvalue weighted by Gasteiger charge is 2.12. The lowest BCUT2D eigenvalue weighted by Gasteiger charge is -2.16. The average Bonchev–Trinajstić information content (AvgIpc) is 2.20. The third kappa shape index (κ3) is 3.69. The quantitative estimate of drug-likeness (QED) is 0.804. The Hall–Kier alpha value is -0.180. The lowest BCUT2D eigenvalue weighted by molar-refractivity contribution is 0.642. The number of thioether (sulfide) groups is 1. The van der Waals surface area contributed by atoms with Crippen LogP contribution in [-0.4, -0.2) is 5.25 Å². The van der Waals surface area contributed by atoms with Crippen molar-refractivity contribution in [2.45, 2.75) is 43.9 Å². The molecule has 3 heteroatoms. The van der Waals surface area contributed by atoms with Crippen molar-refractivity contribution >= 4 is 23.4 Å². The van der Waals surface area contributed by atoms with E-state index in [0.29, 0.717) is 11.2 Å². The zero-order chi connectivity index (χ0) is 12.3. The van der Waals surface area contributed by atoms with Crippen LogP contribution in [0.5, 0.6) is 0 Å². The molecule has 0 spiro atoms. The van der Waals surface area contributed by atoms with Crippen LogP contribution < -0.4 is 5.73 Å². The molecule has 1 nitrogen and oxygen atoms in total. The van der Waals surface area contributed by atoms with E-state index in [1.54, 1.807) is 0 Å². The summed E-state index contributed by atoms with van der Waals surface area (Å²) in [5.74, 6) is 0.647. The SMILES string of the molecule is CC(C)C(C)Sc1ccc([C@H](C)N)cc1Cl. The van der Waals surface area contributed by atoms with E-state index in [2.05, 4.69) is 32.9 Å². The number of nitrogens with two attached hydrogens (primary N) is 1. The van der Waals surface area contributed by atoms with Gasteiger partial charge in [-0.25, -0.2) is 0 Å². The Morgan fingerprint density at radius 3 is 2.25 bits per heavy atom. The third-order valence-electron chi connectivity index (χ3n) is 2.73. The van der Waals surface area contributed by atoms with Gasteiger partial charge >= 0.3 is 0 Å². The van der Waals surface area contributed by atoms with Crippen molar-refractivity contribution in [2.75, 3.05) is 0 Å². The fourth-order valence-electron chi connectivity index (χ4n) is 1.23. The zero-order valence-electron chi connectivity index (χ0n) is 10.3. The fraction of sp³-hybridized carbons (Fsp3) is 0.538. The van der Waals surface area contributed by atoms with Crippen LogP contribution in [0.3, 0.4) is 0 Å². The molecule has 1 unspecified atom stereocenters. The summed E-state index contributed by atoms with van der Waals surface area (Å²) in [6.07, 6.45) is 0. The normalized spacial score (nSPS) is 15.2. The van der Waals surface area contributed by atoms with Gasteiger partial charge in [0.2, 0.25) is 0 Å². The maximum Gasteiger partial charge on any atom is 0.0545 e. The Kier molecular flexibility index (Phi) is 5.16.